The molecule has 0 aliphatic carbocycles. The lowest BCUT2D eigenvalue weighted by Crippen LogP contribution is -2.00. The molecule has 0 saturated heterocycles. The first-order valence-electron chi connectivity index (χ1n) is 4.95. The predicted molar refractivity (Wildman–Crippen MR) is 75.7 cm³/mol. The van der Waals surface area contributed by atoms with Crippen molar-refractivity contribution >= 4 is 51.2 Å². The minimum Gasteiger partial charge on any atom is -0.249 e. The Hall–Kier alpha value is -1.10. The van der Waals surface area contributed by atoms with Crippen LogP contribution in [0.2, 0.25) is 0 Å². The third-order valence-corrected chi connectivity index (χ3v) is 3.21. The number of nitrogens with zero attached hydrogens (tertiary/aromatic N) is 2. The van der Waals surface area contributed by atoms with E-state index in [0.717, 1.165) is 32.7 Å². The van der Waals surface area contributed by atoms with Gasteiger partial charge in [-0.25, -0.2) is 9.97 Å². The largest absolute Gasteiger partial charge is 0.249 e. The summed E-state index contributed by atoms with van der Waals surface area (Å²) in [6.07, 6.45) is 0. The smallest absolute Gasteiger partial charge is 0.0803 e. The second-order valence-corrected chi connectivity index (χ2v) is 4.86. The van der Waals surface area contributed by atoms with Gasteiger partial charge in [-0.1, -0.05) is 30.6 Å². The van der Waals surface area contributed by atoms with Crippen LogP contribution in [0, 0.1) is 0 Å². The van der Waals surface area contributed by atoms with Gasteiger partial charge in [-0.05, 0) is 24.3 Å². The second-order valence-electron chi connectivity index (χ2n) is 3.68. The Morgan fingerprint density at radius 3 is 2.31 bits per heavy atom. The summed E-state index contributed by atoms with van der Waals surface area (Å²) in [5.74, 6) is 0. The van der Waals surface area contributed by atoms with Crippen LogP contribution in [0.1, 0.15) is 0 Å². The molecule has 1 aromatic carbocycles. The van der Waals surface area contributed by atoms with Gasteiger partial charge in [-0.2, -0.15) is 0 Å². The number of hydrogen-bond donors (Lipinski definition) is 0. The maximum Gasteiger partial charge on any atom is 0.0803 e. The molecule has 3 aromatic rings. The summed E-state index contributed by atoms with van der Waals surface area (Å²) in [7, 11) is 5.24. The first kappa shape index (κ1) is 10.1. The van der Waals surface area contributed by atoms with E-state index in [0.29, 0.717) is 0 Å². The van der Waals surface area contributed by atoms with Crippen LogP contribution in [0.3, 0.4) is 0 Å². The van der Waals surface area contributed by atoms with E-state index in [4.69, 9.17) is 0 Å². The Morgan fingerprint density at radius 1 is 0.750 bits per heavy atom. The zero-order valence-corrected chi connectivity index (χ0v) is 10.8. The highest BCUT2D eigenvalue weighted by Gasteiger charge is 2.03. The van der Waals surface area contributed by atoms with Gasteiger partial charge >= 0.3 is 0 Å². The molecule has 3 rings (SSSR count). The van der Waals surface area contributed by atoms with Crippen LogP contribution in [0.4, 0.5) is 0 Å². The van der Waals surface area contributed by atoms with E-state index in [1.807, 2.05) is 18.2 Å². The molecule has 0 amide bonds. The van der Waals surface area contributed by atoms with Gasteiger partial charge in [0.2, 0.25) is 0 Å². The number of fused-ring (bicyclic) bond motifs is 3. The van der Waals surface area contributed by atoms with Crippen LogP contribution in [-0.4, -0.2) is 9.97 Å². The van der Waals surface area contributed by atoms with Crippen LogP contribution in [0.5, 0.6) is 0 Å². The molecule has 2 nitrogen and oxygen atoms in total. The summed E-state index contributed by atoms with van der Waals surface area (Å²) in [5.41, 5.74) is 3.91. The molecular formula is C12H10N2P2. The van der Waals surface area contributed by atoms with Gasteiger partial charge in [0.05, 0.1) is 21.9 Å². The second kappa shape index (κ2) is 3.73. The molecule has 2 atom stereocenters. The standard InChI is InChI=1S/C12H10N2P2/c15-10-6-3-8-9(13-10)4-1-7-2-5-11(16)14-12(7)8/h1-6H,15-16H2. The molecule has 0 aliphatic rings. The van der Waals surface area contributed by atoms with Gasteiger partial charge in [0.25, 0.3) is 0 Å². The lowest BCUT2D eigenvalue weighted by Gasteiger charge is -2.04. The summed E-state index contributed by atoms with van der Waals surface area (Å²) >= 11 is 0. The molecule has 0 fully saturated rings. The minimum absolute atomic E-state index is 0.953. The monoisotopic (exact) mass is 244 g/mol. The average molecular weight is 244 g/mol. The Labute approximate surface area is 97.9 Å². The minimum atomic E-state index is 0.953. The van der Waals surface area contributed by atoms with Crippen molar-refractivity contribution in [1.82, 2.24) is 9.97 Å². The summed E-state index contributed by atoms with van der Waals surface area (Å²) in [6.45, 7) is 0. The third-order valence-electron chi connectivity index (χ3n) is 2.57. The molecule has 0 aliphatic heterocycles. The van der Waals surface area contributed by atoms with Crippen molar-refractivity contribution in [1.29, 1.82) is 0 Å². The van der Waals surface area contributed by atoms with E-state index in [1.165, 1.54) is 0 Å². The van der Waals surface area contributed by atoms with E-state index < -0.39 is 0 Å². The van der Waals surface area contributed by atoms with Crippen LogP contribution in [0.25, 0.3) is 21.8 Å². The molecule has 2 heterocycles. The molecule has 0 N–H and O–H groups in total. The fourth-order valence-electron chi connectivity index (χ4n) is 1.82. The Morgan fingerprint density at radius 2 is 1.44 bits per heavy atom. The zero-order valence-electron chi connectivity index (χ0n) is 8.51. The number of benzene rings is 1. The molecule has 0 bridgehead atoms. The summed E-state index contributed by atoms with van der Waals surface area (Å²) in [6, 6.07) is 12.2. The van der Waals surface area contributed by atoms with Crippen molar-refractivity contribution in [3.8, 4) is 0 Å². The van der Waals surface area contributed by atoms with Crippen LogP contribution in [0.15, 0.2) is 36.4 Å². The zero-order chi connectivity index (χ0) is 11.1. The van der Waals surface area contributed by atoms with Gasteiger partial charge in [-0.15, -0.1) is 0 Å². The normalized spacial score (nSPS) is 11.1. The molecular weight excluding hydrogens is 234 g/mol. The number of hydrogen-bond acceptors (Lipinski definition) is 2. The van der Waals surface area contributed by atoms with Crippen molar-refractivity contribution in [2.45, 2.75) is 0 Å². The molecule has 2 unspecified atom stereocenters. The van der Waals surface area contributed by atoms with Gasteiger partial charge in [0.15, 0.2) is 0 Å². The highest BCUT2D eigenvalue weighted by molar-refractivity contribution is 7.27. The first-order chi connectivity index (χ1) is 7.74. The van der Waals surface area contributed by atoms with Crippen molar-refractivity contribution in [2.75, 3.05) is 0 Å². The molecule has 0 radical (unpaired) electrons. The van der Waals surface area contributed by atoms with E-state index in [2.05, 4.69) is 46.6 Å². The van der Waals surface area contributed by atoms with E-state index in [9.17, 15) is 0 Å². The Bertz CT molecular complexity index is 695. The van der Waals surface area contributed by atoms with Gasteiger partial charge in [-0.3, -0.25) is 0 Å². The fourth-order valence-corrected chi connectivity index (χ4v) is 2.28. The van der Waals surface area contributed by atoms with Gasteiger partial charge in [0, 0.05) is 10.8 Å². The molecule has 78 valence electrons. The van der Waals surface area contributed by atoms with Crippen molar-refractivity contribution < 1.29 is 0 Å². The Balaban J connectivity index is 2.52. The molecule has 16 heavy (non-hydrogen) atoms. The van der Waals surface area contributed by atoms with E-state index >= 15 is 0 Å². The topological polar surface area (TPSA) is 25.8 Å². The van der Waals surface area contributed by atoms with E-state index in [-0.39, 0.29) is 0 Å². The molecule has 2 aromatic heterocycles. The number of pyridine rings is 2. The van der Waals surface area contributed by atoms with E-state index in [1.54, 1.807) is 0 Å². The maximum atomic E-state index is 4.55. The number of aromatic nitrogens is 2. The SMILES string of the molecule is Pc1ccc2c(ccc3ccc(P)nc32)n1. The van der Waals surface area contributed by atoms with Crippen LogP contribution in [-0.2, 0) is 0 Å². The van der Waals surface area contributed by atoms with Gasteiger partial charge < -0.3 is 0 Å². The Kier molecular flexibility index (Phi) is 2.35. The highest BCUT2D eigenvalue weighted by Crippen LogP contribution is 2.21. The van der Waals surface area contributed by atoms with Crippen molar-refractivity contribution in [3.63, 3.8) is 0 Å². The van der Waals surface area contributed by atoms with Crippen molar-refractivity contribution in [2.24, 2.45) is 0 Å². The number of rotatable bonds is 0. The fraction of sp³-hybridized carbons (Fsp3) is 0. The summed E-state index contributed by atoms with van der Waals surface area (Å²) in [5, 5.41) is 2.25. The lowest BCUT2D eigenvalue weighted by atomic mass is 10.1. The first-order valence-corrected chi connectivity index (χ1v) is 6.11. The van der Waals surface area contributed by atoms with Crippen LogP contribution >= 0.6 is 18.5 Å². The maximum absolute atomic E-state index is 4.55. The average Bonchev–Trinajstić information content (AvgIpc) is 2.28. The highest BCUT2D eigenvalue weighted by atomic mass is 31.0. The molecule has 0 saturated carbocycles. The molecule has 4 heteroatoms. The quantitative estimate of drug-likeness (QED) is 0.445. The molecule has 0 spiro atoms. The lowest BCUT2D eigenvalue weighted by molar-refractivity contribution is 1.46. The third kappa shape index (κ3) is 1.59. The summed E-state index contributed by atoms with van der Waals surface area (Å²) < 4.78 is 0. The van der Waals surface area contributed by atoms with Gasteiger partial charge in [0.1, 0.15) is 0 Å². The van der Waals surface area contributed by atoms with Crippen LogP contribution < -0.4 is 10.9 Å². The summed E-state index contributed by atoms with van der Waals surface area (Å²) in [4.78, 5) is 9.02. The predicted octanol–water partition coefficient (Wildman–Crippen LogP) is 1.78. The van der Waals surface area contributed by atoms with Crippen molar-refractivity contribution in [3.05, 3.63) is 36.4 Å².